The van der Waals surface area contributed by atoms with Gasteiger partial charge in [-0.1, -0.05) is 6.07 Å². The Hall–Kier alpha value is -0.760. The minimum atomic E-state index is -0.0550. The molecule has 2 nitrogen and oxygen atoms in total. The van der Waals surface area contributed by atoms with Crippen molar-refractivity contribution in [2.75, 3.05) is 0 Å². The Labute approximate surface area is 64.1 Å². The predicted octanol–water partition coefficient (Wildman–Crippen LogP) is 1.35. The van der Waals surface area contributed by atoms with Gasteiger partial charge in [0, 0.05) is 12.3 Å². The van der Waals surface area contributed by atoms with Crippen LogP contribution in [0.15, 0.2) is 23.1 Å². The second-order valence-electron chi connectivity index (χ2n) is 2.13. The molecule has 0 spiro atoms. The van der Waals surface area contributed by atoms with Crippen LogP contribution in [-0.4, -0.2) is 4.57 Å². The summed E-state index contributed by atoms with van der Waals surface area (Å²) in [6.45, 7) is 1.92. The number of rotatable bonds is 1. The summed E-state index contributed by atoms with van der Waals surface area (Å²) in [5.74, 6) is 0. The maximum Gasteiger partial charge on any atom is 0.251 e. The molecular formula is C7H8ClNO. The van der Waals surface area contributed by atoms with Gasteiger partial charge in [-0.25, -0.2) is 0 Å². The smallest absolute Gasteiger partial charge is 0.251 e. The lowest BCUT2D eigenvalue weighted by Gasteiger charge is -1.98. The molecule has 0 saturated carbocycles. The summed E-state index contributed by atoms with van der Waals surface area (Å²) in [4.78, 5) is 10.9. The molecule has 0 fully saturated rings. The summed E-state index contributed by atoms with van der Waals surface area (Å²) in [5.41, 5.74) is 0.987. The number of nitrogens with zero attached hydrogens (tertiary/aromatic N) is 1. The fourth-order valence-corrected chi connectivity index (χ4v) is 0.931. The molecule has 10 heavy (non-hydrogen) atoms. The monoisotopic (exact) mass is 157 g/mol. The molecule has 0 aliphatic heterocycles. The van der Waals surface area contributed by atoms with E-state index >= 15 is 0 Å². The highest BCUT2D eigenvalue weighted by Gasteiger charge is 1.91. The van der Waals surface area contributed by atoms with Gasteiger partial charge in [-0.3, -0.25) is 4.79 Å². The Morgan fingerprint density at radius 2 is 2.30 bits per heavy atom. The lowest BCUT2D eigenvalue weighted by atomic mass is 10.3. The summed E-state index contributed by atoms with van der Waals surface area (Å²) in [6, 6.07) is 3.50. The fraction of sp³-hybridized carbons (Fsp3) is 0.286. The van der Waals surface area contributed by atoms with Gasteiger partial charge in [-0.05, 0) is 12.5 Å². The Kier molecular flexibility index (Phi) is 2.12. The number of halogens is 1. The number of hydrogen-bond donors (Lipinski definition) is 0. The van der Waals surface area contributed by atoms with E-state index in [0.29, 0.717) is 0 Å². The van der Waals surface area contributed by atoms with E-state index in [4.69, 9.17) is 11.6 Å². The SMILES string of the molecule is Cc1ccc(=O)n(CCl)c1. The standard InChI is InChI=1S/C7H8ClNO/c1-6-2-3-7(10)9(4-6)5-8/h2-4H,5H2,1H3. The van der Waals surface area contributed by atoms with Gasteiger partial charge in [-0.2, -0.15) is 0 Å². The van der Waals surface area contributed by atoms with E-state index in [0.717, 1.165) is 5.56 Å². The van der Waals surface area contributed by atoms with Crippen molar-refractivity contribution in [2.45, 2.75) is 12.9 Å². The van der Waals surface area contributed by atoms with Crippen LogP contribution < -0.4 is 5.56 Å². The molecule has 1 aromatic rings. The molecule has 0 N–H and O–H groups in total. The number of alkyl halides is 1. The minimum Gasteiger partial charge on any atom is -0.301 e. The van der Waals surface area contributed by atoms with E-state index in [1.165, 1.54) is 10.6 Å². The molecule has 1 rings (SSSR count). The molecule has 0 saturated heterocycles. The van der Waals surface area contributed by atoms with E-state index in [-0.39, 0.29) is 11.6 Å². The summed E-state index contributed by atoms with van der Waals surface area (Å²) in [6.07, 6.45) is 1.73. The first-order chi connectivity index (χ1) is 4.74. The molecule has 1 aromatic heterocycles. The highest BCUT2D eigenvalue weighted by molar-refractivity contribution is 6.15. The highest BCUT2D eigenvalue weighted by atomic mass is 35.5. The number of aryl methyl sites for hydroxylation is 1. The van der Waals surface area contributed by atoms with Crippen molar-refractivity contribution in [3.8, 4) is 0 Å². The largest absolute Gasteiger partial charge is 0.301 e. The molecule has 0 aliphatic rings. The first kappa shape index (κ1) is 7.35. The third-order valence-corrected chi connectivity index (χ3v) is 1.52. The highest BCUT2D eigenvalue weighted by Crippen LogP contribution is 1.92. The summed E-state index contributed by atoms with van der Waals surface area (Å²) in [7, 11) is 0. The molecule has 0 atom stereocenters. The van der Waals surface area contributed by atoms with Crippen molar-refractivity contribution < 1.29 is 0 Å². The molecule has 0 bridgehead atoms. The van der Waals surface area contributed by atoms with E-state index in [9.17, 15) is 4.79 Å². The lowest BCUT2D eigenvalue weighted by molar-refractivity contribution is 0.824. The third-order valence-electron chi connectivity index (χ3n) is 1.26. The zero-order valence-electron chi connectivity index (χ0n) is 5.67. The van der Waals surface area contributed by atoms with Crippen LogP contribution in [0, 0.1) is 6.92 Å². The normalized spacial score (nSPS) is 9.80. The van der Waals surface area contributed by atoms with Crippen molar-refractivity contribution in [3.63, 3.8) is 0 Å². The van der Waals surface area contributed by atoms with Gasteiger partial charge in [0.05, 0.1) is 0 Å². The van der Waals surface area contributed by atoms with Gasteiger partial charge in [0.25, 0.3) is 5.56 Å². The number of aromatic nitrogens is 1. The second kappa shape index (κ2) is 2.88. The zero-order valence-corrected chi connectivity index (χ0v) is 6.43. The van der Waals surface area contributed by atoms with Crippen molar-refractivity contribution >= 4 is 11.6 Å². The van der Waals surface area contributed by atoms with E-state index in [2.05, 4.69) is 0 Å². The second-order valence-corrected chi connectivity index (χ2v) is 2.37. The molecule has 0 aliphatic carbocycles. The van der Waals surface area contributed by atoms with Crippen molar-refractivity contribution in [3.05, 3.63) is 34.2 Å². The van der Waals surface area contributed by atoms with Crippen molar-refractivity contribution in [2.24, 2.45) is 0 Å². The topological polar surface area (TPSA) is 22.0 Å². The van der Waals surface area contributed by atoms with Gasteiger partial charge < -0.3 is 4.57 Å². The average molecular weight is 158 g/mol. The van der Waals surface area contributed by atoms with E-state index in [1.807, 2.05) is 6.92 Å². The third kappa shape index (κ3) is 1.39. The van der Waals surface area contributed by atoms with E-state index in [1.54, 1.807) is 12.3 Å². The minimum absolute atomic E-state index is 0.0550. The Morgan fingerprint density at radius 3 is 2.80 bits per heavy atom. The van der Waals surface area contributed by atoms with Crippen LogP contribution in [0.1, 0.15) is 5.56 Å². The predicted molar refractivity (Wildman–Crippen MR) is 41.3 cm³/mol. The number of hydrogen-bond acceptors (Lipinski definition) is 1. The van der Waals surface area contributed by atoms with Gasteiger partial charge in [0.2, 0.25) is 0 Å². The molecule has 0 radical (unpaired) electrons. The molecule has 3 heteroatoms. The first-order valence-electron chi connectivity index (χ1n) is 2.97. The molecule has 54 valence electrons. The van der Waals surface area contributed by atoms with Crippen LogP contribution in [0.5, 0.6) is 0 Å². The fourth-order valence-electron chi connectivity index (χ4n) is 0.744. The van der Waals surface area contributed by atoms with Crippen LogP contribution >= 0.6 is 11.6 Å². The molecule has 0 aromatic carbocycles. The lowest BCUT2D eigenvalue weighted by Crippen LogP contribution is -2.16. The summed E-state index contributed by atoms with van der Waals surface area (Å²) >= 11 is 5.47. The molecule has 1 heterocycles. The Bertz CT molecular complexity index is 279. The molecular weight excluding hydrogens is 150 g/mol. The molecule has 0 unspecified atom stereocenters. The van der Waals surface area contributed by atoms with Crippen LogP contribution in [0.2, 0.25) is 0 Å². The van der Waals surface area contributed by atoms with Crippen molar-refractivity contribution in [1.29, 1.82) is 0 Å². The number of pyridine rings is 1. The van der Waals surface area contributed by atoms with Crippen LogP contribution in [0.4, 0.5) is 0 Å². The quantitative estimate of drug-likeness (QED) is 0.565. The maximum atomic E-state index is 10.9. The van der Waals surface area contributed by atoms with Crippen LogP contribution in [0.3, 0.4) is 0 Å². The Balaban J connectivity index is 3.22. The van der Waals surface area contributed by atoms with Gasteiger partial charge in [-0.15, -0.1) is 11.6 Å². The zero-order chi connectivity index (χ0) is 7.56. The first-order valence-corrected chi connectivity index (χ1v) is 3.50. The van der Waals surface area contributed by atoms with Crippen LogP contribution in [-0.2, 0) is 6.00 Å². The maximum absolute atomic E-state index is 10.9. The molecule has 0 amide bonds. The van der Waals surface area contributed by atoms with Gasteiger partial charge in [0.1, 0.15) is 6.00 Å². The summed E-state index contributed by atoms with van der Waals surface area (Å²) < 4.78 is 1.46. The van der Waals surface area contributed by atoms with Crippen molar-refractivity contribution in [1.82, 2.24) is 4.57 Å². The average Bonchev–Trinajstić information content (AvgIpc) is 1.94. The van der Waals surface area contributed by atoms with Gasteiger partial charge in [0.15, 0.2) is 0 Å². The van der Waals surface area contributed by atoms with E-state index < -0.39 is 0 Å². The summed E-state index contributed by atoms with van der Waals surface area (Å²) in [5, 5.41) is 0. The Morgan fingerprint density at radius 1 is 1.60 bits per heavy atom. The van der Waals surface area contributed by atoms with Gasteiger partial charge >= 0.3 is 0 Å². The van der Waals surface area contributed by atoms with Crippen LogP contribution in [0.25, 0.3) is 0 Å².